The van der Waals surface area contributed by atoms with Gasteiger partial charge in [-0.15, -0.1) is 12.4 Å². The summed E-state index contributed by atoms with van der Waals surface area (Å²) in [6.45, 7) is 0. The molecule has 3 N–H and O–H groups in total. The first-order valence-corrected chi connectivity index (χ1v) is 6.87. The van der Waals surface area contributed by atoms with Crippen LogP contribution < -0.4 is 16.2 Å². The van der Waals surface area contributed by atoms with Gasteiger partial charge >= 0.3 is 5.69 Å². The standard InChI is InChI=1S/C15H13N5O2.ClH/c16-12-7-9-6-11(22-10-4-2-1-3-5-10)8-17-13(9)20-14(12)18-19-15(20)21;/h1-6,8,12H,7,16H2,(H,19,21);1H. The van der Waals surface area contributed by atoms with E-state index in [4.69, 9.17) is 10.5 Å². The first kappa shape index (κ1) is 15.3. The number of aromatic nitrogens is 4. The predicted octanol–water partition coefficient (Wildman–Crippen LogP) is 1.73. The fourth-order valence-corrected chi connectivity index (χ4v) is 2.60. The zero-order chi connectivity index (χ0) is 15.1. The molecular weight excluding hydrogens is 318 g/mol. The van der Waals surface area contributed by atoms with Crippen LogP contribution >= 0.6 is 12.4 Å². The lowest BCUT2D eigenvalue weighted by Gasteiger charge is -2.21. The summed E-state index contributed by atoms with van der Waals surface area (Å²) in [5.41, 5.74) is 6.59. The Labute approximate surface area is 137 Å². The molecule has 0 aliphatic carbocycles. The summed E-state index contributed by atoms with van der Waals surface area (Å²) in [6, 6.07) is 11.0. The van der Waals surface area contributed by atoms with Crippen LogP contribution in [0.3, 0.4) is 0 Å². The van der Waals surface area contributed by atoms with E-state index in [0.29, 0.717) is 23.8 Å². The summed E-state index contributed by atoms with van der Waals surface area (Å²) in [5, 5.41) is 6.37. The molecule has 0 spiro atoms. The minimum Gasteiger partial charge on any atom is -0.456 e. The summed E-state index contributed by atoms with van der Waals surface area (Å²) in [5.74, 6) is 2.39. The van der Waals surface area contributed by atoms with Gasteiger partial charge in [0.1, 0.15) is 17.3 Å². The average molecular weight is 332 g/mol. The van der Waals surface area contributed by atoms with Gasteiger partial charge in [0.05, 0.1) is 12.2 Å². The van der Waals surface area contributed by atoms with Crippen LogP contribution in [0.15, 0.2) is 47.4 Å². The fourth-order valence-electron chi connectivity index (χ4n) is 2.60. The summed E-state index contributed by atoms with van der Waals surface area (Å²) < 4.78 is 7.18. The van der Waals surface area contributed by atoms with E-state index in [9.17, 15) is 4.79 Å². The highest BCUT2D eigenvalue weighted by Gasteiger charge is 2.27. The SMILES string of the molecule is Cl.NC1Cc2cc(Oc3ccccc3)cnc2-n2c1n[nH]c2=O. The summed E-state index contributed by atoms with van der Waals surface area (Å²) in [6.07, 6.45) is 2.14. The molecule has 3 heterocycles. The van der Waals surface area contributed by atoms with E-state index in [2.05, 4.69) is 15.2 Å². The number of nitrogens with two attached hydrogens (primary N) is 1. The molecule has 0 fully saturated rings. The topological polar surface area (TPSA) is 98.8 Å². The van der Waals surface area contributed by atoms with Gasteiger partial charge in [0.2, 0.25) is 0 Å². The highest BCUT2D eigenvalue weighted by Crippen LogP contribution is 2.29. The van der Waals surface area contributed by atoms with Gasteiger partial charge in [0, 0.05) is 5.56 Å². The van der Waals surface area contributed by atoms with E-state index in [1.54, 1.807) is 6.20 Å². The minimum atomic E-state index is -0.347. The van der Waals surface area contributed by atoms with E-state index in [0.717, 1.165) is 11.3 Å². The van der Waals surface area contributed by atoms with Crippen molar-refractivity contribution < 1.29 is 4.74 Å². The third-order valence-corrected chi connectivity index (χ3v) is 3.58. The Bertz CT molecular complexity index is 890. The van der Waals surface area contributed by atoms with Crippen LogP contribution in [0, 0.1) is 0 Å². The monoisotopic (exact) mass is 331 g/mol. The molecular formula is C15H14ClN5O2. The van der Waals surface area contributed by atoms with Crippen LogP contribution in [0.1, 0.15) is 17.4 Å². The number of ether oxygens (including phenoxy) is 1. The summed E-state index contributed by atoms with van der Waals surface area (Å²) in [4.78, 5) is 16.2. The molecule has 0 saturated heterocycles. The number of aromatic amines is 1. The smallest absolute Gasteiger partial charge is 0.349 e. The number of hydrogen-bond donors (Lipinski definition) is 2. The molecule has 0 radical (unpaired) electrons. The number of para-hydroxylation sites is 1. The Kier molecular flexibility index (Phi) is 3.89. The number of rotatable bonds is 2. The zero-order valence-electron chi connectivity index (χ0n) is 12.0. The molecule has 0 bridgehead atoms. The fraction of sp³-hybridized carbons (Fsp3) is 0.133. The lowest BCUT2D eigenvalue weighted by Crippen LogP contribution is -2.29. The molecule has 1 aliphatic heterocycles. The number of fused-ring (bicyclic) bond motifs is 3. The third-order valence-electron chi connectivity index (χ3n) is 3.58. The Hall–Kier alpha value is -2.64. The molecule has 2 aromatic heterocycles. The lowest BCUT2D eigenvalue weighted by molar-refractivity contribution is 0.477. The van der Waals surface area contributed by atoms with Crippen molar-refractivity contribution >= 4 is 12.4 Å². The molecule has 118 valence electrons. The van der Waals surface area contributed by atoms with Gasteiger partial charge in [-0.2, -0.15) is 5.10 Å². The second-order valence-electron chi connectivity index (χ2n) is 5.10. The van der Waals surface area contributed by atoms with Crippen molar-refractivity contribution in [3.8, 4) is 17.3 Å². The number of H-pyrrole nitrogens is 1. The molecule has 0 saturated carbocycles. The Morgan fingerprint density at radius 3 is 2.83 bits per heavy atom. The van der Waals surface area contributed by atoms with Crippen LogP contribution in [0.25, 0.3) is 5.82 Å². The molecule has 1 unspecified atom stereocenters. The first-order chi connectivity index (χ1) is 10.7. The van der Waals surface area contributed by atoms with Crippen LogP contribution in [0.5, 0.6) is 11.5 Å². The highest BCUT2D eigenvalue weighted by molar-refractivity contribution is 5.85. The van der Waals surface area contributed by atoms with Crippen molar-refractivity contribution in [3.63, 3.8) is 0 Å². The zero-order valence-corrected chi connectivity index (χ0v) is 12.8. The highest BCUT2D eigenvalue weighted by atomic mass is 35.5. The molecule has 1 aliphatic rings. The van der Waals surface area contributed by atoms with Crippen LogP contribution in [0.4, 0.5) is 0 Å². The van der Waals surface area contributed by atoms with E-state index in [-0.39, 0.29) is 24.1 Å². The first-order valence-electron chi connectivity index (χ1n) is 6.87. The van der Waals surface area contributed by atoms with E-state index >= 15 is 0 Å². The van der Waals surface area contributed by atoms with E-state index in [1.165, 1.54) is 4.57 Å². The number of nitrogens with one attached hydrogen (secondary N) is 1. The minimum absolute atomic E-state index is 0. The van der Waals surface area contributed by atoms with Crippen LogP contribution in [-0.2, 0) is 6.42 Å². The number of benzene rings is 1. The normalized spacial score (nSPS) is 15.3. The Balaban J connectivity index is 0.00000156. The maximum absolute atomic E-state index is 11.9. The van der Waals surface area contributed by atoms with Crippen LogP contribution in [-0.4, -0.2) is 19.7 Å². The molecule has 7 nitrogen and oxygen atoms in total. The number of nitrogens with zero attached hydrogens (tertiary/aromatic N) is 3. The van der Waals surface area contributed by atoms with Gasteiger partial charge in [0.25, 0.3) is 0 Å². The van der Waals surface area contributed by atoms with Gasteiger partial charge in [-0.05, 0) is 24.6 Å². The maximum Gasteiger partial charge on any atom is 0.349 e. The van der Waals surface area contributed by atoms with Crippen molar-refractivity contribution in [2.75, 3.05) is 0 Å². The largest absolute Gasteiger partial charge is 0.456 e. The predicted molar refractivity (Wildman–Crippen MR) is 86.4 cm³/mol. The van der Waals surface area contributed by atoms with Crippen molar-refractivity contribution in [2.24, 2.45) is 5.73 Å². The number of pyridine rings is 1. The molecule has 0 amide bonds. The molecule has 4 rings (SSSR count). The van der Waals surface area contributed by atoms with Gasteiger partial charge in [-0.25, -0.2) is 19.4 Å². The van der Waals surface area contributed by atoms with Gasteiger partial charge in [0.15, 0.2) is 5.82 Å². The number of hydrogen-bond acceptors (Lipinski definition) is 5. The van der Waals surface area contributed by atoms with Crippen LogP contribution in [0.2, 0.25) is 0 Å². The van der Waals surface area contributed by atoms with Gasteiger partial charge in [-0.1, -0.05) is 18.2 Å². The summed E-state index contributed by atoms with van der Waals surface area (Å²) >= 11 is 0. The molecule has 1 atom stereocenters. The van der Waals surface area contributed by atoms with E-state index < -0.39 is 0 Å². The van der Waals surface area contributed by atoms with E-state index in [1.807, 2.05) is 36.4 Å². The molecule has 3 aromatic rings. The second kappa shape index (κ2) is 5.86. The average Bonchev–Trinajstić information content (AvgIpc) is 2.91. The van der Waals surface area contributed by atoms with Crippen molar-refractivity contribution in [1.82, 2.24) is 19.7 Å². The van der Waals surface area contributed by atoms with Gasteiger partial charge < -0.3 is 10.5 Å². The number of halogens is 1. The summed E-state index contributed by atoms with van der Waals surface area (Å²) in [7, 11) is 0. The Morgan fingerprint density at radius 1 is 1.26 bits per heavy atom. The van der Waals surface area contributed by atoms with Gasteiger partial charge in [-0.3, -0.25) is 0 Å². The van der Waals surface area contributed by atoms with Crippen molar-refractivity contribution in [1.29, 1.82) is 0 Å². The molecule has 1 aromatic carbocycles. The second-order valence-corrected chi connectivity index (χ2v) is 5.10. The van der Waals surface area contributed by atoms with Crippen molar-refractivity contribution in [3.05, 3.63) is 64.5 Å². The quantitative estimate of drug-likeness (QED) is 0.745. The maximum atomic E-state index is 11.9. The van der Waals surface area contributed by atoms with Crippen molar-refractivity contribution in [2.45, 2.75) is 12.5 Å². The molecule has 8 heteroatoms. The Morgan fingerprint density at radius 2 is 2.04 bits per heavy atom. The molecule has 23 heavy (non-hydrogen) atoms. The lowest BCUT2D eigenvalue weighted by atomic mass is 10.0. The third kappa shape index (κ3) is 2.60.